The molecule has 0 saturated carbocycles. The van der Waals surface area contributed by atoms with Crippen LogP contribution in [0, 0.1) is 0 Å². The third-order valence-electron chi connectivity index (χ3n) is 4.16. The first kappa shape index (κ1) is 13.8. The van der Waals surface area contributed by atoms with Gasteiger partial charge in [-0.25, -0.2) is 0 Å². The summed E-state index contributed by atoms with van der Waals surface area (Å²) >= 11 is 0. The van der Waals surface area contributed by atoms with Crippen LogP contribution in [0.4, 0.5) is 0 Å². The predicted molar refractivity (Wildman–Crippen MR) is 72.3 cm³/mol. The lowest BCUT2D eigenvalue weighted by Gasteiger charge is -2.44. The zero-order chi connectivity index (χ0) is 13.0. The Bertz CT molecular complexity index is 284. The van der Waals surface area contributed by atoms with E-state index in [1.165, 1.54) is 25.8 Å². The second kappa shape index (κ2) is 6.50. The number of hydrogen-bond acceptors (Lipinski definition) is 4. The first-order valence-electron chi connectivity index (χ1n) is 7.19. The van der Waals surface area contributed by atoms with Crippen LogP contribution in [0.25, 0.3) is 0 Å². The number of fused-ring (bicyclic) bond motifs is 1. The molecule has 1 amide bonds. The number of hydrogen-bond donors (Lipinski definition) is 2. The molecule has 2 unspecified atom stereocenters. The molecular weight excluding hydrogens is 228 g/mol. The number of primary amides is 1. The first-order valence-corrected chi connectivity index (χ1v) is 7.19. The highest BCUT2D eigenvalue weighted by Gasteiger charge is 2.30. The summed E-state index contributed by atoms with van der Waals surface area (Å²) < 4.78 is 0. The van der Waals surface area contributed by atoms with Gasteiger partial charge in [0.25, 0.3) is 0 Å². The number of rotatable bonds is 5. The van der Waals surface area contributed by atoms with Gasteiger partial charge in [-0.2, -0.15) is 0 Å². The highest BCUT2D eigenvalue weighted by molar-refractivity contribution is 5.80. The smallest absolute Gasteiger partial charge is 0.235 e. The minimum absolute atomic E-state index is 0.204. The number of piperazine rings is 1. The van der Waals surface area contributed by atoms with Gasteiger partial charge in [0.1, 0.15) is 0 Å². The van der Waals surface area contributed by atoms with E-state index in [-0.39, 0.29) is 11.9 Å². The molecule has 2 heterocycles. The number of nitrogens with two attached hydrogens (primary N) is 1. The largest absolute Gasteiger partial charge is 0.368 e. The van der Waals surface area contributed by atoms with Gasteiger partial charge in [-0.05, 0) is 25.9 Å². The highest BCUT2D eigenvalue weighted by atomic mass is 16.1. The van der Waals surface area contributed by atoms with Crippen LogP contribution in [0.15, 0.2) is 0 Å². The van der Waals surface area contributed by atoms with Crippen molar-refractivity contribution in [3.05, 3.63) is 0 Å². The number of nitrogens with zero attached hydrogens (tertiary/aromatic N) is 2. The Kier molecular flexibility index (Phi) is 4.97. The van der Waals surface area contributed by atoms with Gasteiger partial charge in [-0.15, -0.1) is 0 Å². The van der Waals surface area contributed by atoms with Crippen LogP contribution < -0.4 is 11.1 Å². The summed E-state index contributed by atoms with van der Waals surface area (Å²) in [6.07, 6.45) is 4.00. The molecule has 5 heteroatoms. The standard InChI is InChI=1S/C13H26N4O/c1-2-15-12(13(14)18)10-16-7-8-17-6-4-3-5-11(17)9-16/h11-12,15H,2-10H2,1H3,(H2,14,18). The zero-order valence-corrected chi connectivity index (χ0v) is 11.4. The normalized spacial score (nSPS) is 27.7. The molecule has 3 N–H and O–H groups in total. The Balaban J connectivity index is 1.84. The van der Waals surface area contributed by atoms with Crippen LogP contribution in [0.2, 0.25) is 0 Å². The van der Waals surface area contributed by atoms with E-state index >= 15 is 0 Å². The molecule has 0 aliphatic carbocycles. The quantitative estimate of drug-likeness (QED) is 0.702. The van der Waals surface area contributed by atoms with Gasteiger partial charge in [-0.1, -0.05) is 13.3 Å². The van der Waals surface area contributed by atoms with Crippen LogP contribution in [-0.4, -0.2) is 67.1 Å². The summed E-state index contributed by atoms with van der Waals surface area (Å²) in [5.41, 5.74) is 5.43. The van der Waals surface area contributed by atoms with Gasteiger partial charge >= 0.3 is 0 Å². The second-order valence-electron chi connectivity index (χ2n) is 5.46. The van der Waals surface area contributed by atoms with Crippen LogP contribution >= 0.6 is 0 Å². The van der Waals surface area contributed by atoms with Gasteiger partial charge in [0, 0.05) is 32.2 Å². The van der Waals surface area contributed by atoms with Crippen LogP contribution in [-0.2, 0) is 4.79 Å². The van der Waals surface area contributed by atoms with Crippen molar-refractivity contribution in [2.75, 3.05) is 39.3 Å². The number of nitrogens with one attached hydrogen (secondary N) is 1. The van der Waals surface area contributed by atoms with Gasteiger partial charge < -0.3 is 11.1 Å². The van der Waals surface area contributed by atoms with Crippen molar-refractivity contribution in [2.24, 2.45) is 5.73 Å². The van der Waals surface area contributed by atoms with Crippen molar-refractivity contribution >= 4 is 5.91 Å². The summed E-state index contributed by atoms with van der Waals surface area (Å²) in [6.45, 7) is 8.10. The molecule has 2 rings (SSSR count). The van der Waals surface area contributed by atoms with Gasteiger partial charge in [-0.3, -0.25) is 14.6 Å². The fraction of sp³-hybridized carbons (Fsp3) is 0.923. The average molecular weight is 254 g/mol. The minimum atomic E-state index is -0.233. The summed E-state index contributed by atoms with van der Waals surface area (Å²) in [5.74, 6) is -0.233. The van der Waals surface area contributed by atoms with Gasteiger partial charge in [0.2, 0.25) is 5.91 Å². The number of carbonyl (C=O) groups excluding carboxylic acids is 1. The number of piperidine rings is 1. The maximum Gasteiger partial charge on any atom is 0.235 e. The molecule has 0 spiro atoms. The monoisotopic (exact) mass is 254 g/mol. The first-order chi connectivity index (χ1) is 8.70. The van der Waals surface area contributed by atoms with E-state index in [1.54, 1.807) is 0 Å². The van der Waals surface area contributed by atoms with Gasteiger partial charge in [0.15, 0.2) is 0 Å². The SMILES string of the molecule is CCNC(CN1CCN2CCCCC2C1)C(N)=O. The molecule has 2 saturated heterocycles. The lowest BCUT2D eigenvalue weighted by Crippen LogP contribution is -2.58. The second-order valence-corrected chi connectivity index (χ2v) is 5.46. The van der Waals surface area contributed by atoms with Gasteiger partial charge in [0.05, 0.1) is 6.04 Å². The molecule has 0 aromatic heterocycles. The molecule has 0 bridgehead atoms. The molecule has 2 aliphatic rings. The lowest BCUT2D eigenvalue weighted by molar-refractivity contribution is -0.120. The van der Waals surface area contributed by atoms with Crippen molar-refractivity contribution in [3.8, 4) is 0 Å². The van der Waals surface area contributed by atoms with E-state index in [0.717, 1.165) is 32.7 Å². The third-order valence-corrected chi connectivity index (χ3v) is 4.16. The van der Waals surface area contributed by atoms with Crippen molar-refractivity contribution in [1.82, 2.24) is 15.1 Å². The van der Waals surface area contributed by atoms with Crippen molar-refractivity contribution in [1.29, 1.82) is 0 Å². The highest BCUT2D eigenvalue weighted by Crippen LogP contribution is 2.20. The number of carbonyl (C=O) groups is 1. The maximum absolute atomic E-state index is 11.4. The lowest BCUT2D eigenvalue weighted by atomic mass is 9.99. The topological polar surface area (TPSA) is 61.6 Å². The molecule has 0 aromatic carbocycles. The molecule has 2 fully saturated rings. The molecule has 2 aliphatic heterocycles. The Morgan fingerprint density at radius 3 is 2.94 bits per heavy atom. The predicted octanol–water partition coefficient (Wildman–Crippen LogP) is -0.380. The molecule has 18 heavy (non-hydrogen) atoms. The Labute approximate surface area is 110 Å². The fourth-order valence-electron chi connectivity index (χ4n) is 3.15. The minimum Gasteiger partial charge on any atom is -0.368 e. The summed E-state index contributed by atoms with van der Waals surface area (Å²) in [5, 5.41) is 3.17. The molecular formula is C13H26N4O. The number of likely N-dealkylation sites (N-methyl/N-ethyl adjacent to an activating group) is 1. The number of amides is 1. The van der Waals surface area contributed by atoms with Crippen molar-refractivity contribution in [2.45, 2.75) is 38.3 Å². The van der Waals surface area contributed by atoms with E-state index in [4.69, 9.17) is 5.73 Å². The molecule has 0 radical (unpaired) electrons. The van der Waals surface area contributed by atoms with E-state index in [2.05, 4.69) is 15.1 Å². The molecule has 0 aromatic rings. The molecule has 104 valence electrons. The van der Waals surface area contributed by atoms with Crippen LogP contribution in [0.1, 0.15) is 26.2 Å². The summed E-state index contributed by atoms with van der Waals surface area (Å²) in [6, 6.07) is 0.493. The third kappa shape index (κ3) is 3.43. The Hall–Kier alpha value is -0.650. The van der Waals surface area contributed by atoms with Crippen LogP contribution in [0.5, 0.6) is 0 Å². The average Bonchev–Trinajstić information content (AvgIpc) is 2.38. The van der Waals surface area contributed by atoms with Crippen molar-refractivity contribution < 1.29 is 4.79 Å². The zero-order valence-electron chi connectivity index (χ0n) is 11.4. The van der Waals surface area contributed by atoms with E-state index in [1.807, 2.05) is 6.92 Å². The fourth-order valence-corrected chi connectivity index (χ4v) is 3.15. The summed E-state index contributed by atoms with van der Waals surface area (Å²) in [7, 11) is 0. The Morgan fingerprint density at radius 1 is 1.39 bits per heavy atom. The Morgan fingerprint density at radius 2 is 2.22 bits per heavy atom. The van der Waals surface area contributed by atoms with E-state index in [9.17, 15) is 4.79 Å². The summed E-state index contributed by atoms with van der Waals surface area (Å²) in [4.78, 5) is 16.4. The van der Waals surface area contributed by atoms with Crippen molar-refractivity contribution in [3.63, 3.8) is 0 Å². The van der Waals surface area contributed by atoms with Crippen LogP contribution in [0.3, 0.4) is 0 Å². The molecule has 5 nitrogen and oxygen atoms in total. The maximum atomic E-state index is 11.4. The molecule has 2 atom stereocenters. The van der Waals surface area contributed by atoms with E-state index in [0.29, 0.717) is 6.04 Å². The van der Waals surface area contributed by atoms with E-state index < -0.39 is 0 Å².